The molecule has 2 aromatic heterocycles. The number of nitrogens with zero attached hydrogens (tertiary/aromatic N) is 4. The van der Waals surface area contributed by atoms with Crippen LogP contribution in [0.25, 0.3) is 11.2 Å². The van der Waals surface area contributed by atoms with Gasteiger partial charge < -0.3 is 25.8 Å². The summed E-state index contributed by atoms with van der Waals surface area (Å²) < 4.78 is 7.28. The van der Waals surface area contributed by atoms with Gasteiger partial charge in [-0.05, 0) is 19.8 Å². The Labute approximate surface area is 138 Å². The highest BCUT2D eigenvalue weighted by atomic mass is 16.5. The number of anilines is 1. The van der Waals surface area contributed by atoms with Gasteiger partial charge in [-0.1, -0.05) is 5.92 Å². The van der Waals surface area contributed by atoms with Crippen molar-refractivity contribution in [3.63, 3.8) is 0 Å². The second-order valence-corrected chi connectivity index (χ2v) is 6.16. The summed E-state index contributed by atoms with van der Waals surface area (Å²) in [7, 11) is 0. The van der Waals surface area contributed by atoms with Gasteiger partial charge in [-0.3, -0.25) is 4.57 Å². The van der Waals surface area contributed by atoms with Crippen molar-refractivity contribution in [3.8, 4) is 11.8 Å². The highest BCUT2D eigenvalue weighted by Gasteiger charge is 2.36. The van der Waals surface area contributed by atoms with Crippen LogP contribution in [0, 0.1) is 11.8 Å². The van der Waals surface area contributed by atoms with Gasteiger partial charge in [0.1, 0.15) is 24.3 Å². The van der Waals surface area contributed by atoms with E-state index in [1.807, 2.05) is 0 Å². The molecule has 0 saturated carbocycles. The smallest absolute Gasteiger partial charge is 0.190 e. The van der Waals surface area contributed by atoms with Crippen LogP contribution in [0.1, 0.15) is 32.3 Å². The minimum atomic E-state index is -1.20. The van der Waals surface area contributed by atoms with E-state index in [0.717, 1.165) is 0 Å². The highest BCUT2D eigenvalue weighted by Crippen LogP contribution is 2.32. The van der Waals surface area contributed by atoms with Crippen LogP contribution in [0.3, 0.4) is 0 Å². The van der Waals surface area contributed by atoms with Gasteiger partial charge in [-0.15, -0.1) is 0 Å². The lowest BCUT2D eigenvalue weighted by atomic mass is 10.1. The zero-order valence-electron chi connectivity index (χ0n) is 13.3. The molecule has 9 heteroatoms. The third-order valence-corrected chi connectivity index (χ3v) is 3.66. The van der Waals surface area contributed by atoms with Gasteiger partial charge in [0.2, 0.25) is 0 Å². The molecule has 0 aromatic carbocycles. The zero-order chi connectivity index (χ0) is 17.5. The van der Waals surface area contributed by atoms with E-state index in [2.05, 4.69) is 26.8 Å². The number of nitrogens with two attached hydrogens (primary N) is 1. The molecule has 5 N–H and O–H groups in total. The molecule has 3 rings (SSSR count). The van der Waals surface area contributed by atoms with Gasteiger partial charge >= 0.3 is 0 Å². The Kier molecular flexibility index (Phi) is 4.15. The summed E-state index contributed by atoms with van der Waals surface area (Å²) in [6.07, 6.45) is -0.563. The van der Waals surface area contributed by atoms with Crippen molar-refractivity contribution in [2.75, 3.05) is 12.3 Å². The number of aliphatic hydroxyl groups excluding tert-OH is 2. The molecule has 3 atom stereocenters. The maximum atomic E-state index is 9.98. The van der Waals surface area contributed by atoms with Crippen molar-refractivity contribution >= 4 is 17.0 Å². The first-order chi connectivity index (χ1) is 11.3. The molecule has 24 heavy (non-hydrogen) atoms. The van der Waals surface area contributed by atoms with Crippen LogP contribution in [0.5, 0.6) is 0 Å². The minimum absolute atomic E-state index is 0.197. The van der Waals surface area contributed by atoms with E-state index in [4.69, 9.17) is 10.5 Å². The topological polar surface area (TPSA) is 140 Å². The third kappa shape index (κ3) is 3.05. The standard InChI is InChI=1S/C15H19N5O4/c1-15(2,23)4-3-10-19-12-13(16)17-7-18-14(12)20(10)11-5-8(22)9(6-21)24-11/h7-9,11,21-23H,5-6H2,1-2H3,(H2,16,17,18)/t8-,9+,11+/m0/s1. The Balaban J connectivity index is 2.13. The van der Waals surface area contributed by atoms with Gasteiger partial charge in [0.15, 0.2) is 22.8 Å². The molecule has 1 saturated heterocycles. The number of aliphatic hydroxyl groups is 3. The maximum absolute atomic E-state index is 9.98. The third-order valence-electron chi connectivity index (χ3n) is 3.66. The zero-order valence-corrected chi connectivity index (χ0v) is 13.3. The van der Waals surface area contributed by atoms with E-state index in [1.165, 1.54) is 6.33 Å². The Morgan fingerprint density at radius 3 is 2.83 bits per heavy atom. The maximum Gasteiger partial charge on any atom is 0.190 e. The van der Waals surface area contributed by atoms with E-state index in [-0.39, 0.29) is 24.7 Å². The summed E-state index contributed by atoms with van der Waals surface area (Å²) in [6.45, 7) is 2.81. The van der Waals surface area contributed by atoms with Crippen LogP contribution >= 0.6 is 0 Å². The lowest BCUT2D eigenvalue weighted by Crippen LogP contribution is -2.24. The fourth-order valence-electron chi connectivity index (χ4n) is 2.53. The molecule has 2 aromatic rings. The van der Waals surface area contributed by atoms with Crippen LogP contribution < -0.4 is 5.73 Å². The van der Waals surface area contributed by atoms with E-state index in [1.54, 1.807) is 18.4 Å². The molecule has 0 bridgehead atoms. The first-order valence-corrected chi connectivity index (χ1v) is 7.48. The van der Waals surface area contributed by atoms with Crippen LogP contribution in [0.15, 0.2) is 6.33 Å². The molecule has 1 aliphatic rings. The predicted molar refractivity (Wildman–Crippen MR) is 84.5 cm³/mol. The molecule has 128 valence electrons. The fraction of sp³-hybridized carbons (Fsp3) is 0.533. The Hall–Kier alpha value is -2.25. The normalized spacial score (nSPS) is 24.1. The minimum Gasteiger partial charge on any atom is -0.394 e. The molecule has 1 fully saturated rings. The molecule has 9 nitrogen and oxygen atoms in total. The molecule has 0 aliphatic carbocycles. The van der Waals surface area contributed by atoms with Crippen molar-refractivity contribution < 1.29 is 20.1 Å². The summed E-state index contributed by atoms with van der Waals surface area (Å²) in [6, 6.07) is 0. The number of hydrogen-bond acceptors (Lipinski definition) is 8. The Bertz CT molecular complexity index is 817. The molecule has 3 heterocycles. The van der Waals surface area contributed by atoms with Crippen molar-refractivity contribution in [3.05, 3.63) is 12.2 Å². The highest BCUT2D eigenvalue weighted by molar-refractivity contribution is 5.82. The molecule has 0 radical (unpaired) electrons. The average molecular weight is 333 g/mol. The summed E-state index contributed by atoms with van der Waals surface area (Å²) in [5.74, 6) is 5.97. The number of hydrogen-bond donors (Lipinski definition) is 4. The second kappa shape index (κ2) is 5.99. The fourth-order valence-corrected chi connectivity index (χ4v) is 2.53. The molecular formula is C15H19N5O4. The van der Waals surface area contributed by atoms with Gasteiger partial charge in [0, 0.05) is 6.42 Å². The lowest BCUT2D eigenvalue weighted by Gasteiger charge is -2.15. The monoisotopic (exact) mass is 333 g/mol. The van der Waals surface area contributed by atoms with Gasteiger partial charge in [0.05, 0.1) is 12.7 Å². The Morgan fingerprint density at radius 1 is 1.46 bits per heavy atom. The van der Waals surface area contributed by atoms with Gasteiger partial charge in [0.25, 0.3) is 0 Å². The SMILES string of the molecule is CC(C)(O)C#Cc1nc2c(N)ncnc2n1[C@H]1C[C@H](O)[C@@H](CO)O1. The average Bonchev–Trinajstić information content (AvgIpc) is 3.05. The number of nitrogen functional groups attached to an aromatic ring is 1. The van der Waals surface area contributed by atoms with Crippen molar-refractivity contribution in [2.45, 2.75) is 44.3 Å². The van der Waals surface area contributed by atoms with Crippen molar-refractivity contribution in [1.82, 2.24) is 19.5 Å². The van der Waals surface area contributed by atoms with Crippen molar-refractivity contribution in [1.29, 1.82) is 0 Å². The van der Waals surface area contributed by atoms with Gasteiger partial charge in [-0.2, -0.15) is 0 Å². The molecular weight excluding hydrogens is 314 g/mol. The van der Waals surface area contributed by atoms with Crippen LogP contribution in [-0.4, -0.2) is 59.3 Å². The lowest BCUT2D eigenvalue weighted by molar-refractivity contribution is -0.0434. The summed E-state index contributed by atoms with van der Waals surface area (Å²) >= 11 is 0. The first-order valence-electron chi connectivity index (χ1n) is 7.48. The van der Waals surface area contributed by atoms with Crippen LogP contribution in [0.4, 0.5) is 5.82 Å². The first kappa shape index (κ1) is 16.6. The molecule has 1 aliphatic heterocycles. The van der Waals surface area contributed by atoms with Gasteiger partial charge in [-0.25, -0.2) is 15.0 Å². The number of rotatable bonds is 2. The number of imidazole rings is 1. The van der Waals surface area contributed by atoms with Crippen LogP contribution in [0.2, 0.25) is 0 Å². The quantitative estimate of drug-likeness (QED) is 0.522. The van der Waals surface area contributed by atoms with E-state index in [0.29, 0.717) is 11.2 Å². The van der Waals surface area contributed by atoms with E-state index in [9.17, 15) is 15.3 Å². The largest absolute Gasteiger partial charge is 0.394 e. The predicted octanol–water partition coefficient (Wildman–Crippen LogP) is -0.828. The van der Waals surface area contributed by atoms with Crippen LogP contribution in [-0.2, 0) is 4.74 Å². The number of fused-ring (bicyclic) bond motifs is 1. The Morgan fingerprint density at radius 2 is 2.21 bits per heavy atom. The summed E-state index contributed by atoms with van der Waals surface area (Å²) in [5, 5.41) is 29.1. The van der Waals surface area contributed by atoms with E-state index >= 15 is 0 Å². The molecule has 0 amide bonds. The summed E-state index contributed by atoms with van der Waals surface area (Å²) in [4.78, 5) is 12.4. The number of aromatic nitrogens is 4. The second-order valence-electron chi connectivity index (χ2n) is 6.16. The van der Waals surface area contributed by atoms with E-state index < -0.39 is 24.0 Å². The molecule has 0 spiro atoms. The molecule has 0 unspecified atom stereocenters. The van der Waals surface area contributed by atoms with Crippen molar-refractivity contribution in [2.24, 2.45) is 0 Å². The summed E-state index contributed by atoms with van der Waals surface area (Å²) in [5.41, 5.74) is 5.42. The number of ether oxygens (including phenoxy) is 1.